The molecule has 14 heteroatoms. The summed E-state index contributed by atoms with van der Waals surface area (Å²) in [5.74, 6) is -1.74. The van der Waals surface area contributed by atoms with Crippen molar-refractivity contribution in [1.82, 2.24) is 14.9 Å². The van der Waals surface area contributed by atoms with Crippen LogP contribution in [0.15, 0.2) is 59.9 Å². The lowest BCUT2D eigenvalue weighted by Gasteiger charge is -2.46. The molecule has 41 heavy (non-hydrogen) atoms. The summed E-state index contributed by atoms with van der Waals surface area (Å²) in [4.78, 5) is 23.3. The van der Waals surface area contributed by atoms with Crippen LogP contribution in [0.25, 0.3) is 0 Å². The van der Waals surface area contributed by atoms with Gasteiger partial charge in [-0.1, -0.05) is 18.2 Å². The van der Waals surface area contributed by atoms with E-state index in [9.17, 15) is 26.4 Å². The first-order valence-corrected chi connectivity index (χ1v) is 14.2. The highest BCUT2D eigenvalue weighted by atomic mass is 32.2. The van der Waals surface area contributed by atoms with Gasteiger partial charge in [0, 0.05) is 24.4 Å². The summed E-state index contributed by atoms with van der Waals surface area (Å²) in [5.41, 5.74) is -0.0590. The SMILES string of the molecule is CN(C)[C@H]1C[C@@H](c2cccc(C(F)(F)F)c2)CCC1N1C(=O)COc2cc(S(=O)(=O)Nc3ccncn3)c(F)cc21. The van der Waals surface area contributed by atoms with E-state index in [1.54, 1.807) is 6.07 Å². The molecule has 0 saturated heterocycles. The molecule has 9 nitrogen and oxygen atoms in total. The number of aromatic nitrogens is 2. The van der Waals surface area contributed by atoms with Crippen LogP contribution >= 0.6 is 0 Å². The zero-order valence-corrected chi connectivity index (χ0v) is 22.9. The Kier molecular flexibility index (Phi) is 7.64. The van der Waals surface area contributed by atoms with E-state index in [1.807, 2.05) is 19.0 Å². The summed E-state index contributed by atoms with van der Waals surface area (Å²) >= 11 is 0. The van der Waals surface area contributed by atoms with Crippen molar-refractivity contribution in [2.75, 3.05) is 30.3 Å². The van der Waals surface area contributed by atoms with E-state index in [0.29, 0.717) is 24.8 Å². The van der Waals surface area contributed by atoms with Gasteiger partial charge in [-0.15, -0.1) is 0 Å². The van der Waals surface area contributed by atoms with Gasteiger partial charge in [0.05, 0.1) is 17.3 Å². The van der Waals surface area contributed by atoms with Crippen LogP contribution in [0.2, 0.25) is 0 Å². The lowest BCUT2D eigenvalue weighted by molar-refractivity contribution is -0.137. The highest BCUT2D eigenvalue weighted by Gasteiger charge is 2.42. The van der Waals surface area contributed by atoms with Gasteiger partial charge in [-0.05, 0) is 57.0 Å². The van der Waals surface area contributed by atoms with Gasteiger partial charge < -0.3 is 14.5 Å². The Labute approximate surface area is 234 Å². The van der Waals surface area contributed by atoms with Gasteiger partial charge in [0.15, 0.2) is 6.61 Å². The molecule has 0 radical (unpaired) electrons. The number of amides is 1. The topological polar surface area (TPSA) is 105 Å². The molecule has 1 aliphatic heterocycles. The van der Waals surface area contributed by atoms with E-state index >= 15 is 4.39 Å². The average Bonchev–Trinajstić information content (AvgIpc) is 2.92. The molecule has 1 unspecified atom stereocenters. The van der Waals surface area contributed by atoms with Crippen LogP contribution in [0.5, 0.6) is 5.75 Å². The lowest BCUT2D eigenvalue weighted by Crippen LogP contribution is -2.56. The molecule has 1 amide bonds. The summed E-state index contributed by atoms with van der Waals surface area (Å²) in [5, 5.41) is 0. The molecule has 1 aliphatic carbocycles. The van der Waals surface area contributed by atoms with Gasteiger partial charge in [0.25, 0.3) is 15.9 Å². The van der Waals surface area contributed by atoms with Crippen molar-refractivity contribution in [2.24, 2.45) is 0 Å². The first-order valence-electron chi connectivity index (χ1n) is 12.8. The molecule has 1 N–H and O–H groups in total. The number of ether oxygens (including phenoxy) is 1. The molecule has 3 aromatic rings. The number of hydrogen-bond acceptors (Lipinski definition) is 7. The van der Waals surface area contributed by atoms with Gasteiger partial charge in [-0.3, -0.25) is 9.52 Å². The fourth-order valence-electron chi connectivity index (χ4n) is 5.54. The second-order valence-electron chi connectivity index (χ2n) is 10.2. The number of carbonyl (C=O) groups is 1. The Morgan fingerprint density at radius 2 is 1.90 bits per heavy atom. The van der Waals surface area contributed by atoms with Crippen molar-refractivity contribution in [3.63, 3.8) is 0 Å². The molecule has 218 valence electrons. The predicted octanol–water partition coefficient (Wildman–Crippen LogP) is 4.43. The maximum Gasteiger partial charge on any atom is 0.416 e. The largest absolute Gasteiger partial charge is 0.482 e. The summed E-state index contributed by atoms with van der Waals surface area (Å²) in [7, 11) is -0.771. The monoisotopic (exact) mass is 593 g/mol. The summed E-state index contributed by atoms with van der Waals surface area (Å²) in [6.07, 6.45) is -0.629. The number of hydrogen-bond donors (Lipinski definition) is 1. The number of alkyl halides is 3. The van der Waals surface area contributed by atoms with Crippen LogP contribution < -0.4 is 14.4 Å². The maximum absolute atomic E-state index is 15.4. The Bertz CT molecular complexity index is 1550. The molecule has 0 spiro atoms. The van der Waals surface area contributed by atoms with Gasteiger partial charge in [-0.2, -0.15) is 13.2 Å². The van der Waals surface area contributed by atoms with E-state index in [0.717, 1.165) is 24.5 Å². The van der Waals surface area contributed by atoms with Gasteiger partial charge in [-0.25, -0.2) is 22.8 Å². The fourth-order valence-corrected chi connectivity index (χ4v) is 6.63. The Balaban J connectivity index is 1.45. The first-order chi connectivity index (χ1) is 19.3. The van der Waals surface area contributed by atoms with E-state index in [-0.39, 0.29) is 35.8 Å². The smallest absolute Gasteiger partial charge is 0.416 e. The summed E-state index contributed by atoms with van der Waals surface area (Å²) in [6.45, 7) is -0.384. The van der Waals surface area contributed by atoms with Crippen molar-refractivity contribution in [3.05, 3.63) is 71.9 Å². The molecule has 1 saturated carbocycles. The highest BCUT2D eigenvalue weighted by Crippen LogP contribution is 2.43. The van der Waals surface area contributed by atoms with Crippen molar-refractivity contribution in [2.45, 2.75) is 48.3 Å². The first kappa shape index (κ1) is 28.7. The number of carbonyl (C=O) groups excluding carboxylic acids is 1. The third-order valence-electron chi connectivity index (χ3n) is 7.46. The Morgan fingerprint density at radius 1 is 1.12 bits per heavy atom. The average molecular weight is 594 g/mol. The number of nitrogens with one attached hydrogen (secondary N) is 1. The second-order valence-corrected chi connectivity index (χ2v) is 11.9. The highest BCUT2D eigenvalue weighted by molar-refractivity contribution is 7.92. The van der Waals surface area contributed by atoms with Crippen LogP contribution in [-0.2, 0) is 21.0 Å². The lowest BCUT2D eigenvalue weighted by atomic mass is 9.77. The molecule has 5 rings (SSSR count). The van der Waals surface area contributed by atoms with E-state index in [2.05, 4.69) is 14.7 Å². The van der Waals surface area contributed by atoms with Gasteiger partial charge in [0.2, 0.25) is 0 Å². The van der Waals surface area contributed by atoms with Crippen molar-refractivity contribution in [3.8, 4) is 5.75 Å². The van der Waals surface area contributed by atoms with Crippen LogP contribution in [0.4, 0.5) is 29.1 Å². The van der Waals surface area contributed by atoms with Crippen molar-refractivity contribution < 1.29 is 35.5 Å². The van der Waals surface area contributed by atoms with Crippen LogP contribution in [0.1, 0.15) is 36.3 Å². The minimum absolute atomic E-state index is 0.0200. The van der Waals surface area contributed by atoms with Crippen molar-refractivity contribution in [1.29, 1.82) is 0 Å². The number of benzene rings is 2. The number of nitrogens with zero attached hydrogens (tertiary/aromatic N) is 4. The summed E-state index contributed by atoms with van der Waals surface area (Å²) in [6, 6.07) is 7.83. The molecule has 2 heterocycles. The standard InChI is InChI=1S/C27H27F4N5O4S/c1-35(2)21-11-17(16-4-3-5-18(10-16)27(29,30)31)6-7-20(21)36-22-12-19(28)24(13-23(22)40-14-26(36)37)41(38,39)34-25-8-9-32-15-33-25/h3-5,8-10,12-13,15,17,20-21H,6-7,11,14H2,1-2H3,(H,32,33,34)/t17-,20?,21-/m0/s1. The van der Waals surface area contributed by atoms with Gasteiger partial charge >= 0.3 is 6.18 Å². The third kappa shape index (κ3) is 5.84. The minimum atomic E-state index is -4.46. The molecular formula is C27H27F4N5O4S. The van der Waals surface area contributed by atoms with E-state index in [1.165, 1.54) is 29.3 Å². The fraction of sp³-hybridized carbons (Fsp3) is 0.370. The number of rotatable bonds is 6. The summed E-state index contributed by atoms with van der Waals surface area (Å²) < 4.78 is 88.9. The molecule has 3 atom stereocenters. The number of likely N-dealkylation sites (N-methyl/N-ethyl adjacent to an activating group) is 1. The molecule has 0 bridgehead atoms. The van der Waals surface area contributed by atoms with Crippen LogP contribution in [-0.4, -0.2) is 62.0 Å². The second kappa shape index (κ2) is 10.9. The van der Waals surface area contributed by atoms with E-state index < -0.39 is 44.4 Å². The Hall–Kier alpha value is -3.78. The zero-order valence-electron chi connectivity index (χ0n) is 22.1. The third-order valence-corrected chi connectivity index (χ3v) is 8.83. The number of halogens is 4. The molecule has 2 aliphatic rings. The van der Waals surface area contributed by atoms with Crippen LogP contribution in [0, 0.1) is 5.82 Å². The number of anilines is 2. The molecule has 1 fully saturated rings. The molecule has 2 aromatic carbocycles. The maximum atomic E-state index is 15.4. The number of fused-ring (bicyclic) bond motifs is 1. The zero-order chi connectivity index (χ0) is 29.5. The van der Waals surface area contributed by atoms with Gasteiger partial charge in [0.1, 0.15) is 28.6 Å². The quantitative estimate of drug-likeness (QED) is 0.422. The van der Waals surface area contributed by atoms with Crippen molar-refractivity contribution >= 4 is 27.4 Å². The minimum Gasteiger partial charge on any atom is -0.482 e. The number of sulfonamides is 1. The predicted molar refractivity (Wildman–Crippen MR) is 142 cm³/mol. The molecule has 1 aromatic heterocycles. The Morgan fingerprint density at radius 3 is 2.59 bits per heavy atom. The van der Waals surface area contributed by atoms with E-state index in [4.69, 9.17) is 4.74 Å². The molecular weight excluding hydrogens is 566 g/mol. The normalized spacial score (nSPS) is 21.4. The van der Waals surface area contributed by atoms with Crippen LogP contribution in [0.3, 0.4) is 0 Å².